The maximum atomic E-state index is 13.6. The number of hydrogen-bond acceptors (Lipinski definition) is 4. The average Bonchev–Trinajstić information content (AvgIpc) is 3.61. The molecule has 0 spiro atoms. The van der Waals surface area contributed by atoms with Gasteiger partial charge in [-0.2, -0.15) is 0 Å². The maximum Gasteiger partial charge on any atom is 0.231 e. The van der Waals surface area contributed by atoms with Crippen LogP contribution in [0.3, 0.4) is 0 Å². The fourth-order valence-electron chi connectivity index (χ4n) is 5.35. The Morgan fingerprint density at radius 2 is 1.65 bits per heavy atom. The summed E-state index contributed by atoms with van der Waals surface area (Å²) in [7, 11) is 0. The van der Waals surface area contributed by atoms with E-state index in [1.54, 1.807) is 0 Å². The Morgan fingerprint density at radius 3 is 2.50 bits per heavy atom. The molecular formula is C34H34FN3O2. The Morgan fingerprint density at radius 1 is 0.850 bits per heavy atom. The molecule has 1 aliphatic rings. The number of hydrogen-bond donors (Lipinski definition) is 0. The predicted molar refractivity (Wildman–Crippen MR) is 157 cm³/mol. The van der Waals surface area contributed by atoms with Crippen molar-refractivity contribution in [3.05, 3.63) is 114 Å². The van der Waals surface area contributed by atoms with Crippen LogP contribution in [0.25, 0.3) is 22.2 Å². The van der Waals surface area contributed by atoms with Crippen molar-refractivity contribution >= 4 is 10.8 Å². The molecule has 0 atom stereocenters. The van der Waals surface area contributed by atoms with Gasteiger partial charge >= 0.3 is 0 Å². The highest BCUT2D eigenvalue weighted by molar-refractivity contribution is 5.83. The fraction of sp³-hybridized carbons (Fsp3) is 0.265. The molecule has 0 amide bonds. The average molecular weight is 536 g/mol. The molecule has 4 aromatic carbocycles. The van der Waals surface area contributed by atoms with Gasteiger partial charge in [-0.3, -0.25) is 4.90 Å². The zero-order chi connectivity index (χ0) is 27.3. The van der Waals surface area contributed by atoms with Crippen LogP contribution in [-0.2, 0) is 26.1 Å². The SMILES string of the molecule is CCCCn1c(CN(CCc2ccc3ccccc3c2)Cc2ccc3c(c2)OCO3)cnc1-c1ccc(F)cc1. The molecule has 2 heterocycles. The molecule has 0 unspecified atom stereocenters. The molecule has 6 heteroatoms. The third kappa shape index (κ3) is 5.87. The summed E-state index contributed by atoms with van der Waals surface area (Å²) in [6, 6.07) is 28.1. The van der Waals surface area contributed by atoms with E-state index in [1.165, 1.54) is 34.0 Å². The summed E-state index contributed by atoms with van der Waals surface area (Å²) >= 11 is 0. The van der Waals surface area contributed by atoms with E-state index in [0.29, 0.717) is 0 Å². The summed E-state index contributed by atoms with van der Waals surface area (Å²) in [5, 5.41) is 2.53. The number of benzene rings is 4. The first-order chi connectivity index (χ1) is 19.7. The Labute approximate surface area is 234 Å². The minimum Gasteiger partial charge on any atom is -0.454 e. The molecule has 0 saturated carbocycles. The first-order valence-electron chi connectivity index (χ1n) is 14.0. The molecule has 1 aliphatic heterocycles. The van der Waals surface area contributed by atoms with Crippen LogP contribution in [0.1, 0.15) is 36.6 Å². The molecule has 0 N–H and O–H groups in total. The maximum absolute atomic E-state index is 13.6. The lowest BCUT2D eigenvalue weighted by atomic mass is 10.0. The number of nitrogens with zero attached hydrogens (tertiary/aromatic N) is 3. The monoisotopic (exact) mass is 535 g/mol. The quantitative estimate of drug-likeness (QED) is 0.174. The van der Waals surface area contributed by atoms with Crippen molar-refractivity contribution in [2.75, 3.05) is 13.3 Å². The van der Waals surface area contributed by atoms with Crippen molar-refractivity contribution in [1.29, 1.82) is 0 Å². The van der Waals surface area contributed by atoms with Crippen LogP contribution in [0.4, 0.5) is 4.39 Å². The van der Waals surface area contributed by atoms with Gasteiger partial charge in [0.2, 0.25) is 6.79 Å². The molecule has 204 valence electrons. The first-order valence-corrected chi connectivity index (χ1v) is 14.0. The molecule has 0 bridgehead atoms. The van der Waals surface area contributed by atoms with Gasteiger partial charge in [-0.1, -0.05) is 61.9 Å². The highest BCUT2D eigenvalue weighted by Gasteiger charge is 2.18. The minimum absolute atomic E-state index is 0.237. The summed E-state index contributed by atoms with van der Waals surface area (Å²) in [6.45, 7) is 5.75. The smallest absolute Gasteiger partial charge is 0.231 e. The fourth-order valence-corrected chi connectivity index (χ4v) is 5.35. The van der Waals surface area contributed by atoms with Gasteiger partial charge in [0.05, 0.1) is 11.9 Å². The van der Waals surface area contributed by atoms with Crippen molar-refractivity contribution in [2.45, 2.75) is 45.8 Å². The van der Waals surface area contributed by atoms with Gasteiger partial charge in [0.15, 0.2) is 11.5 Å². The Hall–Kier alpha value is -4.16. The second kappa shape index (κ2) is 11.9. The van der Waals surface area contributed by atoms with Crippen molar-refractivity contribution in [2.24, 2.45) is 0 Å². The van der Waals surface area contributed by atoms with E-state index in [9.17, 15) is 4.39 Å². The molecule has 0 saturated heterocycles. The summed E-state index contributed by atoms with van der Waals surface area (Å²) in [5.74, 6) is 2.26. The number of imidazole rings is 1. The van der Waals surface area contributed by atoms with Crippen LogP contribution in [0, 0.1) is 5.82 Å². The molecule has 0 aliphatic carbocycles. The van der Waals surface area contributed by atoms with E-state index >= 15 is 0 Å². The van der Waals surface area contributed by atoms with Crippen LogP contribution in [0.15, 0.2) is 91.1 Å². The van der Waals surface area contributed by atoms with Gasteiger partial charge in [-0.05, 0) is 71.1 Å². The number of rotatable bonds is 11. The van der Waals surface area contributed by atoms with Gasteiger partial charge in [0.25, 0.3) is 0 Å². The van der Waals surface area contributed by atoms with Crippen LogP contribution in [-0.4, -0.2) is 27.8 Å². The summed E-state index contributed by atoms with van der Waals surface area (Å²) in [6.07, 6.45) is 5.06. The summed E-state index contributed by atoms with van der Waals surface area (Å²) in [5.41, 5.74) is 4.59. The molecule has 5 aromatic rings. The zero-order valence-electron chi connectivity index (χ0n) is 22.9. The second-order valence-electron chi connectivity index (χ2n) is 10.4. The van der Waals surface area contributed by atoms with Gasteiger partial charge in [0.1, 0.15) is 11.6 Å². The van der Waals surface area contributed by atoms with E-state index in [0.717, 1.165) is 74.0 Å². The molecule has 5 nitrogen and oxygen atoms in total. The first kappa shape index (κ1) is 26.1. The largest absolute Gasteiger partial charge is 0.454 e. The number of aromatic nitrogens is 2. The predicted octanol–water partition coefficient (Wildman–Crippen LogP) is 7.62. The van der Waals surface area contributed by atoms with Crippen molar-refractivity contribution in [3.8, 4) is 22.9 Å². The van der Waals surface area contributed by atoms with E-state index < -0.39 is 0 Å². The van der Waals surface area contributed by atoms with E-state index in [1.807, 2.05) is 24.4 Å². The van der Waals surface area contributed by atoms with E-state index in [2.05, 4.69) is 71.0 Å². The number of fused-ring (bicyclic) bond motifs is 2. The van der Waals surface area contributed by atoms with Crippen LogP contribution in [0.5, 0.6) is 11.5 Å². The summed E-state index contributed by atoms with van der Waals surface area (Å²) in [4.78, 5) is 7.28. The normalized spacial score (nSPS) is 12.5. The van der Waals surface area contributed by atoms with E-state index in [4.69, 9.17) is 14.5 Å². The zero-order valence-corrected chi connectivity index (χ0v) is 22.9. The van der Waals surface area contributed by atoms with Crippen molar-refractivity contribution in [1.82, 2.24) is 14.5 Å². The number of halogens is 1. The van der Waals surface area contributed by atoms with Gasteiger partial charge < -0.3 is 14.0 Å². The Bertz CT molecular complexity index is 1600. The van der Waals surface area contributed by atoms with Crippen LogP contribution < -0.4 is 9.47 Å². The molecular weight excluding hydrogens is 501 g/mol. The molecule has 1 aromatic heterocycles. The number of ether oxygens (including phenoxy) is 2. The standard InChI is InChI=1S/C34H34FN3O2/c1-2-3-17-38-31(21-36-34(38)28-11-13-30(35)14-12-28)23-37(22-26-9-15-32-33(20-26)40-24-39-32)18-16-25-8-10-27-6-4-5-7-29(27)19-25/h4-15,19-21H,2-3,16-18,22-24H2,1H3. The lowest BCUT2D eigenvalue weighted by Crippen LogP contribution is -2.27. The summed E-state index contributed by atoms with van der Waals surface area (Å²) < 4.78 is 27.1. The highest BCUT2D eigenvalue weighted by atomic mass is 19.1. The molecule has 6 rings (SSSR count). The van der Waals surface area contributed by atoms with Gasteiger partial charge in [-0.25, -0.2) is 9.37 Å². The third-order valence-electron chi connectivity index (χ3n) is 7.54. The number of unbranched alkanes of at least 4 members (excludes halogenated alkanes) is 1. The minimum atomic E-state index is -0.237. The lowest BCUT2D eigenvalue weighted by molar-refractivity contribution is 0.174. The van der Waals surface area contributed by atoms with Crippen LogP contribution >= 0.6 is 0 Å². The van der Waals surface area contributed by atoms with Crippen LogP contribution in [0.2, 0.25) is 0 Å². The van der Waals surface area contributed by atoms with E-state index in [-0.39, 0.29) is 12.6 Å². The molecule has 40 heavy (non-hydrogen) atoms. The molecule has 0 radical (unpaired) electrons. The highest BCUT2D eigenvalue weighted by Crippen LogP contribution is 2.33. The Balaban J connectivity index is 1.28. The lowest BCUT2D eigenvalue weighted by Gasteiger charge is -2.24. The third-order valence-corrected chi connectivity index (χ3v) is 7.54. The van der Waals surface area contributed by atoms with Crippen molar-refractivity contribution in [3.63, 3.8) is 0 Å². The van der Waals surface area contributed by atoms with Crippen molar-refractivity contribution < 1.29 is 13.9 Å². The Kier molecular flexibility index (Phi) is 7.78. The van der Waals surface area contributed by atoms with Gasteiger partial charge in [0, 0.05) is 31.7 Å². The topological polar surface area (TPSA) is 39.5 Å². The van der Waals surface area contributed by atoms with Gasteiger partial charge in [-0.15, -0.1) is 0 Å². The second-order valence-corrected chi connectivity index (χ2v) is 10.4. The molecule has 0 fully saturated rings.